The fraction of sp³-hybridized carbons (Fsp3) is 0.385. The summed E-state index contributed by atoms with van der Waals surface area (Å²) < 4.78 is 130. The average molecular weight is 2010 g/mol. The van der Waals surface area contributed by atoms with E-state index in [1.54, 1.807) is 166 Å². The third kappa shape index (κ3) is 49.4. The van der Waals surface area contributed by atoms with Gasteiger partial charge < -0.3 is 81.7 Å². The lowest BCUT2D eigenvalue weighted by atomic mass is 10.2. The summed E-state index contributed by atoms with van der Waals surface area (Å²) in [4.78, 5) is 39.7. The highest BCUT2D eigenvalue weighted by molar-refractivity contribution is 9.10. The van der Waals surface area contributed by atoms with Crippen LogP contribution in [-0.2, 0) is 99.3 Å². The van der Waals surface area contributed by atoms with Gasteiger partial charge in [-0.05, 0) is 204 Å². The standard InChI is InChI=1S/C11H16NO5P.C11H18NO3P.C10H14NO5P.2C10H16NO3P.C7H6BrNO2.C6H4BrNO2.C6H6BrN.C6H15O3P.CH4/c1-3-16-18(15,17-4-2)9-10-6-5-7-11(8-10)12(13)14;1-3-14-16(13,15-4-2)9-10-6-5-7-11(12)8-10;1-3-15-17(14,16-4-2)10-7-5-9(6-8-10)11(12)13;1-3-13-15(12,14-4-2)10-7-5-9(11)6-8-10;1-3-13-15(12,14-4-2)10-7-5-6-9(11)8-10;8-5-6-2-1-3-7(4-6)9(10)11;7-5-1-3-6(4-2-5)8(9)10;7-5-2-1-3-6(8)4-5;1-4-7-10(8-5-2)9-6-3;/h5-8H,3-4,9H2,1-2H3;5-8H,3-4,9,12H2,1-2H3;5-8H,3-4H2,1-2H3;2*5-8H,3-4,11H2,1-2H3;1-4H,5H2;1-4H;1-4H,8H2;4-6H2,1-3H3;1H4. The second-order valence-corrected chi connectivity index (χ2v) is 36.5. The van der Waals surface area contributed by atoms with Crippen LogP contribution >= 0.6 is 94.4 Å². The molecule has 34 nitrogen and oxygen atoms in total. The molecule has 8 aromatic rings. The molecule has 0 aliphatic carbocycles. The SMILES string of the molecule is C.CCOP(=O)(Cc1cccc(N)c1)OCC.CCOP(=O)(Cc1cccc([N+](=O)[O-])c1)OCC.CCOP(=O)(OCC)c1ccc(N)cc1.CCOP(=O)(OCC)c1ccc([N+](=O)[O-])cc1.CCOP(=O)(OCC)c1cccc(N)c1.CCOP(OCC)OCC.Nc1cccc(Br)c1.O=[N+]([O-])c1ccc(Br)cc1.O=[N+]([O-])c1cccc(CBr)c1. The number of hydrogen-bond donors (Lipinski definition) is 4. The molecule has 8 aromatic carbocycles. The number of anilines is 4. The number of nitro groups is 4. The number of nitrogens with zero attached hydrogens (tertiary/aromatic N) is 4. The third-order valence-corrected chi connectivity index (χ3v) is 27.1. The molecule has 8 N–H and O–H groups in total. The molecule has 0 aliphatic rings. The molecule has 0 fully saturated rings. The highest BCUT2D eigenvalue weighted by Crippen LogP contribution is 2.53. The van der Waals surface area contributed by atoms with Crippen LogP contribution in [0.15, 0.2) is 203 Å². The van der Waals surface area contributed by atoms with Gasteiger partial charge in [-0.15, -0.1) is 0 Å². The largest absolute Gasteiger partial charge is 0.399 e. The van der Waals surface area contributed by atoms with Crippen LogP contribution in [0.4, 0.5) is 45.5 Å². The molecular formula is C78H115Br3N8O26P6. The Bertz CT molecular complexity index is 4420. The van der Waals surface area contributed by atoms with Gasteiger partial charge in [0.1, 0.15) is 0 Å². The van der Waals surface area contributed by atoms with Crippen molar-refractivity contribution in [1.82, 2.24) is 0 Å². The molecule has 0 saturated heterocycles. The number of benzene rings is 8. The quantitative estimate of drug-likeness (QED) is 0.00918. The van der Waals surface area contributed by atoms with Crippen molar-refractivity contribution in [2.24, 2.45) is 0 Å². The molecule has 0 radical (unpaired) electrons. The van der Waals surface area contributed by atoms with Gasteiger partial charge in [0.15, 0.2) is 0 Å². The van der Waals surface area contributed by atoms with Crippen molar-refractivity contribution in [2.75, 3.05) is 109 Å². The van der Waals surface area contributed by atoms with Crippen molar-refractivity contribution in [2.45, 2.75) is 115 Å². The highest BCUT2D eigenvalue weighted by Gasteiger charge is 2.30. The van der Waals surface area contributed by atoms with Crippen LogP contribution in [-0.4, -0.2) is 106 Å². The molecular weight excluding hydrogens is 1890 g/mol. The van der Waals surface area contributed by atoms with E-state index in [0.717, 1.165) is 25.8 Å². The van der Waals surface area contributed by atoms with E-state index in [4.69, 9.17) is 81.7 Å². The van der Waals surface area contributed by atoms with Gasteiger partial charge >= 0.3 is 46.6 Å². The maximum absolute atomic E-state index is 12.3. The molecule has 121 heavy (non-hydrogen) atoms. The minimum atomic E-state index is -3.34. The first-order valence-electron chi connectivity index (χ1n) is 37.3. The number of non-ortho nitro benzene ring substituents is 4. The number of hydrogen-bond acceptors (Lipinski definition) is 30. The summed E-state index contributed by atoms with van der Waals surface area (Å²) in [6.45, 7) is 28.4. The Morgan fingerprint density at radius 3 is 0.901 bits per heavy atom. The van der Waals surface area contributed by atoms with E-state index in [2.05, 4.69) is 47.8 Å². The highest BCUT2D eigenvalue weighted by atomic mass is 79.9. The van der Waals surface area contributed by atoms with Crippen LogP contribution in [0.25, 0.3) is 0 Å². The van der Waals surface area contributed by atoms with Crippen molar-refractivity contribution in [3.8, 4) is 0 Å². The molecule has 0 bridgehead atoms. The molecule has 8 rings (SSSR count). The first-order chi connectivity index (χ1) is 56.9. The van der Waals surface area contributed by atoms with Crippen LogP contribution in [0.2, 0.25) is 0 Å². The topological polar surface area (TPSA) is 482 Å². The van der Waals surface area contributed by atoms with Crippen molar-refractivity contribution in [1.29, 1.82) is 0 Å². The first kappa shape index (κ1) is 116. The summed E-state index contributed by atoms with van der Waals surface area (Å²) in [5.41, 5.74) is 27.4. The number of nitrogen functional groups attached to an aromatic ring is 4. The molecule has 0 atom stereocenters. The van der Waals surface area contributed by atoms with Crippen LogP contribution in [0, 0.1) is 40.5 Å². The van der Waals surface area contributed by atoms with E-state index in [1.807, 2.05) is 63.2 Å². The Balaban J connectivity index is 0. The van der Waals surface area contributed by atoms with Crippen molar-refractivity contribution in [3.63, 3.8) is 0 Å². The van der Waals surface area contributed by atoms with E-state index in [1.165, 1.54) is 54.6 Å². The van der Waals surface area contributed by atoms with E-state index >= 15 is 0 Å². The molecule has 0 saturated carbocycles. The van der Waals surface area contributed by atoms with E-state index < -0.39 is 66.3 Å². The van der Waals surface area contributed by atoms with Gasteiger partial charge in [-0.2, -0.15) is 0 Å². The van der Waals surface area contributed by atoms with Crippen LogP contribution in [0.5, 0.6) is 0 Å². The minimum absolute atomic E-state index is 0. The fourth-order valence-electron chi connectivity index (χ4n) is 8.89. The summed E-state index contributed by atoms with van der Waals surface area (Å²) in [6.07, 6.45) is 0.302. The Hall–Kier alpha value is -6.94. The summed E-state index contributed by atoms with van der Waals surface area (Å²) in [5, 5.41) is 43.5. The van der Waals surface area contributed by atoms with E-state index in [-0.39, 0.29) is 68.9 Å². The summed E-state index contributed by atoms with van der Waals surface area (Å²) in [5.74, 6) is 0. The number of nitrogens with two attached hydrogens (primary N) is 4. The Kier molecular flexibility index (Phi) is 63.0. The van der Waals surface area contributed by atoms with Crippen molar-refractivity contribution in [3.05, 3.63) is 260 Å². The maximum atomic E-state index is 12.3. The molecule has 0 amide bonds. The Labute approximate surface area is 736 Å². The van der Waals surface area contributed by atoms with Gasteiger partial charge in [0.05, 0.1) is 134 Å². The zero-order valence-corrected chi connectivity index (χ0v) is 79.4. The first-order valence-corrected chi connectivity index (χ1v) is 49.2. The Morgan fingerprint density at radius 2 is 0.595 bits per heavy atom. The maximum Gasteiger partial charge on any atom is 0.361 e. The minimum Gasteiger partial charge on any atom is -0.399 e. The predicted molar refractivity (Wildman–Crippen MR) is 493 cm³/mol. The summed E-state index contributed by atoms with van der Waals surface area (Å²) in [6, 6.07) is 52.3. The van der Waals surface area contributed by atoms with Gasteiger partial charge in [-0.3, -0.25) is 63.3 Å². The lowest BCUT2D eigenvalue weighted by Crippen LogP contribution is -2.11. The lowest BCUT2D eigenvalue weighted by molar-refractivity contribution is -0.385. The van der Waals surface area contributed by atoms with Crippen LogP contribution in [0.1, 0.15) is 114 Å². The van der Waals surface area contributed by atoms with Crippen molar-refractivity contribution >= 4 is 156 Å². The molecule has 0 unspecified atom stereocenters. The average Bonchev–Trinajstić information content (AvgIpc) is 0.836. The van der Waals surface area contributed by atoms with E-state index in [9.17, 15) is 63.3 Å². The summed E-state index contributed by atoms with van der Waals surface area (Å²) in [7, 11) is -17.0. The molecule has 674 valence electrons. The Morgan fingerprint density at radius 1 is 0.306 bits per heavy atom. The number of rotatable bonds is 38. The molecule has 0 aromatic heterocycles. The smallest absolute Gasteiger partial charge is 0.361 e. The predicted octanol–water partition coefficient (Wildman–Crippen LogP) is 23.0. The monoisotopic (exact) mass is 2000 g/mol. The fourth-order valence-corrected chi connectivity index (χ4v) is 18.9. The molecule has 0 aliphatic heterocycles. The molecule has 0 heterocycles. The lowest BCUT2D eigenvalue weighted by Gasteiger charge is -2.17. The van der Waals surface area contributed by atoms with Gasteiger partial charge in [0.2, 0.25) is 0 Å². The molecule has 43 heteroatoms. The zero-order valence-electron chi connectivity index (χ0n) is 69.3. The number of halogens is 3. The normalized spacial score (nSPS) is 10.9. The second-order valence-electron chi connectivity index (χ2n) is 22.7. The van der Waals surface area contributed by atoms with Crippen LogP contribution in [0.3, 0.4) is 0 Å². The van der Waals surface area contributed by atoms with Crippen molar-refractivity contribution < 1.29 is 101 Å². The van der Waals surface area contributed by atoms with Gasteiger partial charge in [-0.1, -0.05) is 104 Å². The number of alkyl halides is 1. The second kappa shape index (κ2) is 65.6. The zero-order chi connectivity index (χ0) is 90.8. The van der Waals surface area contributed by atoms with E-state index in [0.29, 0.717) is 103 Å². The van der Waals surface area contributed by atoms with Gasteiger partial charge in [0.25, 0.3) is 22.7 Å². The molecule has 0 spiro atoms. The van der Waals surface area contributed by atoms with Gasteiger partial charge in [0, 0.05) is 85.6 Å². The summed E-state index contributed by atoms with van der Waals surface area (Å²) >= 11 is 9.67. The van der Waals surface area contributed by atoms with Gasteiger partial charge in [-0.25, -0.2) is 0 Å². The third-order valence-electron chi connectivity index (χ3n) is 13.6. The van der Waals surface area contributed by atoms with Crippen LogP contribution < -0.4 is 38.8 Å². The number of nitro benzene ring substituents is 4.